The van der Waals surface area contributed by atoms with Gasteiger partial charge < -0.3 is 10.2 Å². The van der Waals surface area contributed by atoms with Gasteiger partial charge in [-0.05, 0) is 50.6 Å². The monoisotopic (exact) mass is 441 g/mol. The minimum absolute atomic E-state index is 0. The van der Waals surface area contributed by atoms with E-state index in [0.29, 0.717) is 22.2 Å². The van der Waals surface area contributed by atoms with Crippen molar-refractivity contribution in [1.82, 2.24) is 9.80 Å². The lowest BCUT2D eigenvalue weighted by atomic mass is 9.99. The van der Waals surface area contributed by atoms with E-state index >= 15 is 0 Å². The van der Waals surface area contributed by atoms with E-state index in [4.69, 9.17) is 23.2 Å². The summed E-state index contributed by atoms with van der Waals surface area (Å²) in [6, 6.07) is 5.82. The number of halogens is 4. The molecule has 8 heteroatoms. The first-order chi connectivity index (χ1) is 11.6. The number of carbonyl (C=O) groups excluding carboxylic acids is 1. The van der Waals surface area contributed by atoms with Gasteiger partial charge in [0, 0.05) is 47.8 Å². The van der Waals surface area contributed by atoms with Gasteiger partial charge in [-0.1, -0.05) is 29.6 Å². The van der Waals surface area contributed by atoms with Crippen LogP contribution in [-0.2, 0) is 4.79 Å². The minimum Gasteiger partial charge on any atom is -0.326 e. The van der Waals surface area contributed by atoms with Gasteiger partial charge in [-0.2, -0.15) is 0 Å². The lowest BCUT2D eigenvalue weighted by Gasteiger charge is -2.44. The second kappa shape index (κ2) is 11.6. The lowest BCUT2D eigenvalue weighted by Crippen LogP contribution is -2.54. The normalized spacial score (nSPS) is 20.5. The van der Waals surface area contributed by atoms with E-state index in [1.807, 2.05) is 0 Å². The molecule has 1 amide bonds. The van der Waals surface area contributed by atoms with Crippen LogP contribution in [0.5, 0.6) is 0 Å². The molecule has 0 aromatic heterocycles. The van der Waals surface area contributed by atoms with Gasteiger partial charge in [0.1, 0.15) is 0 Å². The maximum Gasteiger partial charge on any atom is 0.224 e. The number of hydrogen-bond donors (Lipinski definition) is 1. The summed E-state index contributed by atoms with van der Waals surface area (Å²) in [4.78, 5) is 17.2. The average Bonchev–Trinajstić information content (AvgIpc) is 2.53. The van der Waals surface area contributed by atoms with Crippen LogP contribution >= 0.6 is 48.0 Å². The van der Waals surface area contributed by atoms with Crippen molar-refractivity contribution in [3.8, 4) is 0 Å². The third kappa shape index (κ3) is 7.06. The summed E-state index contributed by atoms with van der Waals surface area (Å²) >= 11 is 11.9. The number of benzene rings is 1. The van der Waals surface area contributed by atoms with E-state index in [2.05, 4.69) is 15.1 Å². The number of carbonyl (C=O) groups is 1. The number of hydrogen-bond acceptors (Lipinski definition) is 3. The molecular weight excluding hydrogens is 416 g/mol. The number of piperidine rings is 1. The van der Waals surface area contributed by atoms with E-state index in [1.54, 1.807) is 18.2 Å². The Kier molecular flexibility index (Phi) is 10.6. The predicted molar refractivity (Wildman–Crippen MR) is 114 cm³/mol. The van der Waals surface area contributed by atoms with Crippen LogP contribution in [0.2, 0.25) is 10.0 Å². The van der Waals surface area contributed by atoms with Crippen molar-refractivity contribution < 1.29 is 4.79 Å². The number of piperazine rings is 1. The fourth-order valence-electron chi connectivity index (χ4n) is 3.74. The first-order valence-corrected chi connectivity index (χ1v) is 9.58. The van der Waals surface area contributed by atoms with Gasteiger partial charge in [0.25, 0.3) is 0 Å². The maximum absolute atomic E-state index is 12.1. The Morgan fingerprint density at radius 2 is 1.81 bits per heavy atom. The van der Waals surface area contributed by atoms with Crippen LogP contribution in [-0.4, -0.2) is 54.5 Å². The molecule has 2 saturated heterocycles. The highest BCUT2D eigenvalue weighted by atomic mass is 35.5. The molecule has 0 aliphatic carbocycles. The quantitative estimate of drug-likeness (QED) is 0.715. The smallest absolute Gasteiger partial charge is 0.224 e. The largest absolute Gasteiger partial charge is 0.326 e. The van der Waals surface area contributed by atoms with Crippen LogP contribution in [0, 0.1) is 0 Å². The van der Waals surface area contributed by atoms with Gasteiger partial charge in [-0.15, -0.1) is 24.8 Å². The molecule has 0 bridgehead atoms. The second-order valence-corrected chi connectivity index (χ2v) is 7.67. The highest BCUT2D eigenvalue weighted by Crippen LogP contribution is 2.23. The van der Waals surface area contributed by atoms with E-state index in [1.165, 1.54) is 32.4 Å². The van der Waals surface area contributed by atoms with Crippen molar-refractivity contribution in [2.45, 2.75) is 38.1 Å². The molecule has 1 aromatic carbocycles. The van der Waals surface area contributed by atoms with Crippen LogP contribution in [0.4, 0.5) is 5.69 Å². The van der Waals surface area contributed by atoms with Crippen molar-refractivity contribution in [2.24, 2.45) is 0 Å². The van der Waals surface area contributed by atoms with Gasteiger partial charge in [0.05, 0.1) is 0 Å². The van der Waals surface area contributed by atoms with Gasteiger partial charge >= 0.3 is 0 Å². The van der Waals surface area contributed by atoms with Gasteiger partial charge in [-0.25, -0.2) is 0 Å². The Balaban J connectivity index is 0.00000169. The standard InChI is InChI=1S/C18H25Cl2N3O.2ClH/c19-14-10-15(20)12-16(11-14)21-18(24)5-3-6-22-8-9-23-7-2-1-4-17(23)13-22;;/h10-12,17H,1-9,13H2,(H,21,24);2*1H. The minimum atomic E-state index is 0. The summed E-state index contributed by atoms with van der Waals surface area (Å²) in [5.41, 5.74) is 0.660. The lowest BCUT2D eigenvalue weighted by molar-refractivity contribution is -0.116. The molecule has 2 heterocycles. The second-order valence-electron chi connectivity index (χ2n) is 6.80. The zero-order chi connectivity index (χ0) is 16.9. The molecule has 1 atom stereocenters. The summed E-state index contributed by atoms with van der Waals surface area (Å²) in [6.07, 6.45) is 5.44. The molecule has 0 radical (unpaired) electrons. The third-order valence-electron chi connectivity index (χ3n) is 4.95. The van der Waals surface area contributed by atoms with Crippen molar-refractivity contribution in [3.05, 3.63) is 28.2 Å². The SMILES string of the molecule is Cl.Cl.O=C(CCCN1CCN2CCCCC2C1)Nc1cc(Cl)cc(Cl)c1. The fraction of sp³-hybridized carbons (Fsp3) is 0.611. The van der Waals surface area contributed by atoms with Gasteiger partial charge in [0.15, 0.2) is 0 Å². The van der Waals surface area contributed by atoms with Crippen LogP contribution in [0.3, 0.4) is 0 Å². The number of amides is 1. The van der Waals surface area contributed by atoms with Crippen LogP contribution < -0.4 is 5.32 Å². The number of fused-ring (bicyclic) bond motifs is 1. The molecule has 2 aliphatic heterocycles. The van der Waals surface area contributed by atoms with Crippen molar-refractivity contribution >= 4 is 59.6 Å². The van der Waals surface area contributed by atoms with Gasteiger partial charge in [-0.3, -0.25) is 9.69 Å². The maximum atomic E-state index is 12.1. The summed E-state index contributed by atoms with van der Waals surface area (Å²) in [6.45, 7) is 5.72. The molecule has 148 valence electrons. The Bertz CT molecular complexity index is 567. The number of rotatable bonds is 5. The Hall–Kier alpha value is -0.230. The molecule has 4 nitrogen and oxygen atoms in total. The van der Waals surface area contributed by atoms with Crippen LogP contribution in [0.1, 0.15) is 32.1 Å². The zero-order valence-corrected chi connectivity index (χ0v) is 17.9. The fourth-order valence-corrected chi connectivity index (χ4v) is 4.26. The van der Waals surface area contributed by atoms with Crippen LogP contribution in [0.15, 0.2) is 18.2 Å². The Labute approximate surface area is 178 Å². The summed E-state index contributed by atoms with van der Waals surface area (Å²) in [5, 5.41) is 3.93. The molecule has 1 N–H and O–H groups in total. The summed E-state index contributed by atoms with van der Waals surface area (Å²) in [7, 11) is 0. The highest BCUT2D eigenvalue weighted by Gasteiger charge is 2.28. The van der Waals surface area contributed by atoms with Crippen molar-refractivity contribution in [1.29, 1.82) is 0 Å². The molecule has 26 heavy (non-hydrogen) atoms. The molecule has 3 rings (SSSR count). The van der Waals surface area contributed by atoms with Crippen molar-refractivity contribution in [3.63, 3.8) is 0 Å². The molecule has 2 aliphatic rings. The Morgan fingerprint density at radius 3 is 2.54 bits per heavy atom. The summed E-state index contributed by atoms with van der Waals surface area (Å²) in [5.74, 6) is 0.0182. The number of nitrogens with one attached hydrogen (secondary N) is 1. The molecule has 2 fully saturated rings. The average molecular weight is 443 g/mol. The topological polar surface area (TPSA) is 35.6 Å². The molecule has 0 saturated carbocycles. The molecular formula is C18H27Cl4N3O. The first-order valence-electron chi connectivity index (χ1n) is 8.82. The highest BCUT2D eigenvalue weighted by molar-refractivity contribution is 6.35. The van der Waals surface area contributed by atoms with Gasteiger partial charge in [0.2, 0.25) is 5.91 Å². The predicted octanol–water partition coefficient (Wildman–Crippen LogP) is 4.73. The van der Waals surface area contributed by atoms with E-state index in [-0.39, 0.29) is 30.7 Å². The van der Waals surface area contributed by atoms with Crippen LogP contribution in [0.25, 0.3) is 0 Å². The molecule has 0 spiro atoms. The summed E-state index contributed by atoms with van der Waals surface area (Å²) < 4.78 is 0. The van der Waals surface area contributed by atoms with E-state index in [0.717, 1.165) is 32.1 Å². The van der Waals surface area contributed by atoms with Crippen molar-refractivity contribution in [2.75, 3.05) is 38.0 Å². The first kappa shape index (κ1) is 23.8. The molecule has 1 unspecified atom stereocenters. The van der Waals surface area contributed by atoms with E-state index in [9.17, 15) is 4.79 Å². The number of nitrogens with zero attached hydrogens (tertiary/aromatic N) is 2. The van der Waals surface area contributed by atoms with E-state index < -0.39 is 0 Å². The Morgan fingerprint density at radius 1 is 1.08 bits per heavy atom. The number of anilines is 1. The molecule has 1 aromatic rings. The third-order valence-corrected chi connectivity index (χ3v) is 5.38. The zero-order valence-electron chi connectivity index (χ0n) is 14.8.